The zero-order valence-electron chi connectivity index (χ0n) is 19.2. The van der Waals surface area contributed by atoms with Crippen molar-refractivity contribution in [2.75, 3.05) is 33.2 Å². The Hall–Kier alpha value is -1.81. The second-order valence-electron chi connectivity index (χ2n) is 8.57. The summed E-state index contributed by atoms with van der Waals surface area (Å²) >= 11 is 0. The number of guanidine groups is 1. The van der Waals surface area contributed by atoms with Crippen LogP contribution in [0.1, 0.15) is 45.2 Å². The van der Waals surface area contributed by atoms with Crippen LogP contribution in [0.25, 0.3) is 0 Å². The first kappa shape index (κ1) is 27.2. The number of piperidine rings is 1. The highest BCUT2D eigenvalue weighted by Crippen LogP contribution is 2.14. The van der Waals surface area contributed by atoms with Crippen molar-refractivity contribution in [2.24, 2.45) is 4.99 Å². The molecule has 31 heavy (non-hydrogen) atoms. The maximum Gasteiger partial charge on any atom is 0.408 e. The topological polar surface area (TPSA) is 78.0 Å². The second-order valence-corrected chi connectivity index (χ2v) is 8.57. The van der Waals surface area contributed by atoms with Crippen molar-refractivity contribution in [1.82, 2.24) is 20.9 Å². The molecular formula is C23H38IN5O2. The Labute approximate surface area is 204 Å². The van der Waals surface area contributed by atoms with E-state index < -0.39 is 11.7 Å². The van der Waals surface area contributed by atoms with Crippen LogP contribution in [0.4, 0.5) is 4.79 Å². The number of rotatable bonds is 7. The minimum absolute atomic E-state index is 0. The monoisotopic (exact) mass is 543 g/mol. The van der Waals surface area contributed by atoms with Crippen LogP contribution >= 0.6 is 24.0 Å². The molecule has 0 saturated carbocycles. The minimum Gasteiger partial charge on any atom is -0.444 e. The number of benzene rings is 1. The zero-order valence-corrected chi connectivity index (χ0v) is 21.5. The molecule has 8 heteroatoms. The fraction of sp³-hybridized carbons (Fsp3) is 0.565. The maximum absolute atomic E-state index is 12.3. The van der Waals surface area contributed by atoms with Gasteiger partial charge in [-0.25, -0.2) is 4.79 Å². The molecule has 0 radical (unpaired) electrons. The van der Waals surface area contributed by atoms with E-state index in [1.165, 1.54) is 0 Å². The van der Waals surface area contributed by atoms with Crippen LogP contribution in [0.3, 0.4) is 0 Å². The van der Waals surface area contributed by atoms with E-state index in [9.17, 15) is 4.79 Å². The number of nitrogens with zero attached hydrogens (tertiary/aromatic N) is 2. The number of carbonyl (C=O) groups excluding carboxylic acids is 1. The average molecular weight is 543 g/mol. The summed E-state index contributed by atoms with van der Waals surface area (Å²) in [6.07, 6.45) is 3.64. The summed E-state index contributed by atoms with van der Waals surface area (Å²) in [5.74, 6) is 0.740. The average Bonchev–Trinajstić information content (AvgIpc) is 2.71. The number of carbonyl (C=O) groups is 1. The second kappa shape index (κ2) is 13.6. The summed E-state index contributed by atoms with van der Waals surface area (Å²) in [7, 11) is 1.76. The number of alkyl carbamates (subject to hydrolysis) is 1. The van der Waals surface area contributed by atoms with E-state index in [-0.39, 0.29) is 30.0 Å². The normalized spacial score (nSPS) is 16.6. The van der Waals surface area contributed by atoms with Crippen LogP contribution in [-0.2, 0) is 4.74 Å². The van der Waals surface area contributed by atoms with Crippen molar-refractivity contribution >= 4 is 36.0 Å². The molecule has 2 rings (SSSR count). The van der Waals surface area contributed by atoms with E-state index in [0.717, 1.165) is 44.0 Å². The molecule has 1 heterocycles. The first-order chi connectivity index (χ1) is 14.3. The summed E-state index contributed by atoms with van der Waals surface area (Å²) in [4.78, 5) is 19.1. The fourth-order valence-electron chi connectivity index (χ4n) is 3.42. The molecular weight excluding hydrogens is 505 g/mol. The molecule has 1 fully saturated rings. The molecule has 1 atom stereocenters. The SMILES string of the molecule is C=CCN1CCC(NC(=NC)NCC(NC(=O)OC(C)(C)C)c2ccccc2)CC1.I. The van der Waals surface area contributed by atoms with Crippen molar-refractivity contribution in [3.63, 3.8) is 0 Å². The van der Waals surface area contributed by atoms with Crippen molar-refractivity contribution in [3.8, 4) is 0 Å². The van der Waals surface area contributed by atoms with Crippen LogP contribution in [0, 0.1) is 0 Å². The molecule has 1 aromatic carbocycles. The first-order valence-electron chi connectivity index (χ1n) is 10.7. The molecule has 0 spiro atoms. The van der Waals surface area contributed by atoms with Gasteiger partial charge in [0.2, 0.25) is 0 Å². The summed E-state index contributed by atoms with van der Waals surface area (Å²) in [6.45, 7) is 12.9. The largest absolute Gasteiger partial charge is 0.444 e. The zero-order chi connectivity index (χ0) is 22.0. The lowest BCUT2D eigenvalue weighted by atomic mass is 10.1. The summed E-state index contributed by atoms with van der Waals surface area (Å²) < 4.78 is 5.44. The van der Waals surface area contributed by atoms with Gasteiger partial charge in [0.05, 0.1) is 6.04 Å². The number of ether oxygens (including phenoxy) is 1. The minimum atomic E-state index is -0.545. The van der Waals surface area contributed by atoms with Crippen LogP contribution in [0.5, 0.6) is 0 Å². The molecule has 7 nitrogen and oxygen atoms in total. The molecule has 1 unspecified atom stereocenters. The Morgan fingerprint density at radius 2 is 1.94 bits per heavy atom. The van der Waals surface area contributed by atoms with Gasteiger partial charge in [-0.05, 0) is 39.2 Å². The molecule has 1 aliphatic rings. The van der Waals surface area contributed by atoms with Crippen LogP contribution in [0.15, 0.2) is 48.0 Å². The third kappa shape index (κ3) is 10.4. The number of aliphatic imine (C=N–C) groups is 1. The van der Waals surface area contributed by atoms with Gasteiger partial charge >= 0.3 is 6.09 Å². The Balaban J connectivity index is 0.00000480. The van der Waals surface area contributed by atoms with E-state index >= 15 is 0 Å². The summed E-state index contributed by atoms with van der Waals surface area (Å²) in [6, 6.07) is 10.0. The highest BCUT2D eigenvalue weighted by molar-refractivity contribution is 14.0. The van der Waals surface area contributed by atoms with Crippen molar-refractivity contribution < 1.29 is 9.53 Å². The molecule has 174 valence electrons. The molecule has 1 saturated heterocycles. The van der Waals surface area contributed by atoms with Crippen LogP contribution in [0.2, 0.25) is 0 Å². The van der Waals surface area contributed by atoms with Crippen molar-refractivity contribution in [2.45, 2.75) is 51.3 Å². The van der Waals surface area contributed by atoms with Crippen molar-refractivity contribution in [3.05, 3.63) is 48.6 Å². The highest BCUT2D eigenvalue weighted by Gasteiger charge is 2.22. The number of hydrogen-bond acceptors (Lipinski definition) is 4. The molecule has 1 aliphatic heterocycles. The Kier molecular flexibility index (Phi) is 11.9. The lowest BCUT2D eigenvalue weighted by molar-refractivity contribution is 0.0504. The lowest BCUT2D eigenvalue weighted by Crippen LogP contribution is -2.50. The smallest absolute Gasteiger partial charge is 0.408 e. The molecule has 1 amide bonds. The van der Waals surface area contributed by atoms with Crippen LogP contribution in [-0.4, -0.2) is 61.8 Å². The van der Waals surface area contributed by atoms with Gasteiger partial charge in [0.15, 0.2) is 5.96 Å². The molecule has 0 bridgehead atoms. The van der Waals surface area contributed by atoms with E-state index in [2.05, 4.69) is 32.4 Å². The quantitative estimate of drug-likeness (QED) is 0.212. The van der Waals surface area contributed by atoms with Gasteiger partial charge in [-0.15, -0.1) is 30.6 Å². The Morgan fingerprint density at radius 3 is 2.48 bits per heavy atom. The number of amides is 1. The lowest BCUT2D eigenvalue weighted by Gasteiger charge is -2.32. The van der Waals surface area contributed by atoms with E-state index in [0.29, 0.717) is 12.6 Å². The molecule has 0 aromatic heterocycles. The number of nitrogens with one attached hydrogen (secondary N) is 3. The summed E-state index contributed by atoms with van der Waals surface area (Å²) in [5.41, 5.74) is 0.459. The predicted molar refractivity (Wildman–Crippen MR) is 138 cm³/mol. The number of halogens is 1. The van der Waals surface area contributed by atoms with Gasteiger partial charge in [0.1, 0.15) is 5.60 Å². The molecule has 0 aliphatic carbocycles. The van der Waals surface area contributed by atoms with E-state index in [1.807, 2.05) is 57.2 Å². The predicted octanol–water partition coefficient (Wildman–Crippen LogP) is 3.69. The van der Waals surface area contributed by atoms with E-state index in [1.54, 1.807) is 7.05 Å². The van der Waals surface area contributed by atoms with E-state index in [4.69, 9.17) is 4.74 Å². The van der Waals surface area contributed by atoms with Crippen LogP contribution < -0.4 is 16.0 Å². The summed E-state index contributed by atoms with van der Waals surface area (Å²) in [5, 5.41) is 9.84. The van der Waals surface area contributed by atoms with Gasteiger partial charge < -0.3 is 20.7 Å². The van der Waals surface area contributed by atoms with Crippen molar-refractivity contribution in [1.29, 1.82) is 0 Å². The Morgan fingerprint density at radius 1 is 1.29 bits per heavy atom. The van der Waals surface area contributed by atoms with Gasteiger partial charge in [0, 0.05) is 39.3 Å². The van der Waals surface area contributed by atoms with Gasteiger partial charge in [0.25, 0.3) is 0 Å². The van der Waals surface area contributed by atoms with Gasteiger partial charge in [-0.2, -0.15) is 0 Å². The number of likely N-dealkylation sites (tertiary alicyclic amines) is 1. The number of hydrogen-bond donors (Lipinski definition) is 3. The standard InChI is InChI=1S/C23H37N5O2.HI/c1-6-14-28-15-12-19(13-16-28)26-21(24-5)25-17-20(18-10-8-7-9-11-18)27-22(29)30-23(2,3)4;/h6-11,19-20H,1,12-17H2,2-5H3,(H,27,29)(H2,24,25,26);1H. The molecule has 3 N–H and O–H groups in total. The highest BCUT2D eigenvalue weighted by atomic mass is 127. The van der Waals surface area contributed by atoms with Gasteiger partial charge in [-0.3, -0.25) is 9.89 Å². The fourth-order valence-corrected chi connectivity index (χ4v) is 3.42. The third-order valence-corrected chi connectivity index (χ3v) is 4.91. The molecule has 1 aromatic rings. The maximum atomic E-state index is 12.3. The Bertz CT molecular complexity index is 698. The van der Waals surface area contributed by atoms with Gasteiger partial charge in [-0.1, -0.05) is 36.4 Å². The third-order valence-electron chi connectivity index (χ3n) is 4.91. The first-order valence-corrected chi connectivity index (χ1v) is 10.7.